The van der Waals surface area contributed by atoms with Gasteiger partial charge in [-0.15, -0.1) is 0 Å². The fourth-order valence-corrected chi connectivity index (χ4v) is 5.85. The van der Waals surface area contributed by atoms with Crippen LogP contribution in [-0.4, -0.2) is 0 Å². The maximum absolute atomic E-state index is 2.36. The van der Waals surface area contributed by atoms with Gasteiger partial charge in [-0.25, -0.2) is 0 Å². The molecule has 0 aliphatic rings. The first kappa shape index (κ1) is 19.3. The standard InChI is InChI=1S/C32H28/c1-19(2)23-12-8-15-24(29(23)20(3)4)27-18-17-22-11-6-14-26-25-13-5-9-21-10-7-16-28(30(21)25)32(27)31(22)26/h5-20H,1-4H3. The predicted molar refractivity (Wildman–Crippen MR) is 141 cm³/mol. The van der Waals surface area contributed by atoms with Gasteiger partial charge in [0.2, 0.25) is 0 Å². The topological polar surface area (TPSA) is 0 Å². The highest BCUT2D eigenvalue weighted by molar-refractivity contribution is 6.35. The molecule has 0 atom stereocenters. The normalized spacial score (nSPS) is 12.3. The van der Waals surface area contributed by atoms with E-state index in [2.05, 4.69) is 113 Å². The third kappa shape index (κ3) is 2.62. The molecule has 0 spiro atoms. The summed E-state index contributed by atoms with van der Waals surface area (Å²) in [7, 11) is 0. The zero-order valence-electron chi connectivity index (χ0n) is 19.2. The van der Waals surface area contributed by atoms with E-state index in [0.29, 0.717) is 11.8 Å². The molecule has 156 valence electrons. The fraction of sp³-hybridized carbons (Fsp3) is 0.188. The molecule has 0 saturated heterocycles. The molecular formula is C32H28. The van der Waals surface area contributed by atoms with Crippen LogP contribution in [0.5, 0.6) is 0 Å². The van der Waals surface area contributed by atoms with E-state index in [4.69, 9.17) is 0 Å². The highest BCUT2D eigenvalue weighted by Crippen LogP contribution is 2.46. The molecule has 6 aromatic carbocycles. The Kier molecular flexibility index (Phi) is 4.27. The minimum absolute atomic E-state index is 0.466. The second-order valence-electron chi connectivity index (χ2n) is 9.72. The molecule has 0 aliphatic carbocycles. The van der Waals surface area contributed by atoms with Crippen molar-refractivity contribution in [1.82, 2.24) is 0 Å². The van der Waals surface area contributed by atoms with Gasteiger partial charge < -0.3 is 0 Å². The molecule has 32 heavy (non-hydrogen) atoms. The molecule has 6 aromatic rings. The Morgan fingerprint density at radius 2 is 1.03 bits per heavy atom. The summed E-state index contributed by atoms with van der Waals surface area (Å²) in [5, 5.41) is 10.9. The molecule has 0 amide bonds. The van der Waals surface area contributed by atoms with Gasteiger partial charge in [-0.3, -0.25) is 0 Å². The molecule has 0 saturated carbocycles. The van der Waals surface area contributed by atoms with Crippen molar-refractivity contribution in [2.45, 2.75) is 39.5 Å². The van der Waals surface area contributed by atoms with Crippen LogP contribution in [0, 0.1) is 0 Å². The summed E-state index contributed by atoms with van der Waals surface area (Å²) in [5.41, 5.74) is 5.70. The summed E-state index contributed by atoms with van der Waals surface area (Å²) in [6, 6.07) is 31.8. The molecule has 0 N–H and O–H groups in total. The largest absolute Gasteiger partial charge is 0.0613 e. The molecule has 0 aromatic heterocycles. The van der Waals surface area contributed by atoms with E-state index in [9.17, 15) is 0 Å². The van der Waals surface area contributed by atoms with E-state index < -0.39 is 0 Å². The number of fused-ring (bicyclic) bond motifs is 2. The van der Waals surface area contributed by atoms with Crippen LogP contribution in [0.4, 0.5) is 0 Å². The van der Waals surface area contributed by atoms with Gasteiger partial charge in [-0.2, -0.15) is 0 Å². The Balaban J connectivity index is 1.88. The Hall–Kier alpha value is -3.38. The molecule has 6 rings (SSSR count). The van der Waals surface area contributed by atoms with Gasteiger partial charge in [0, 0.05) is 0 Å². The predicted octanol–water partition coefficient (Wildman–Crippen LogP) is 9.65. The minimum atomic E-state index is 0.466. The quantitative estimate of drug-likeness (QED) is 0.200. The second-order valence-corrected chi connectivity index (χ2v) is 9.72. The van der Waals surface area contributed by atoms with Crippen LogP contribution < -0.4 is 0 Å². The smallest absolute Gasteiger partial charge is 0.00140 e. The van der Waals surface area contributed by atoms with Gasteiger partial charge in [0.15, 0.2) is 0 Å². The van der Waals surface area contributed by atoms with Crippen LogP contribution in [0.3, 0.4) is 0 Å². The van der Waals surface area contributed by atoms with Crippen LogP contribution in [0.15, 0.2) is 84.9 Å². The molecular weight excluding hydrogens is 384 g/mol. The fourth-order valence-electron chi connectivity index (χ4n) is 5.85. The van der Waals surface area contributed by atoms with E-state index in [1.165, 1.54) is 65.3 Å². The molecule has 0 heterocycles. The number of benzene rings is 6. The summed E-state index contributed by atoms with van der Waals surface area (Å²) in [5.74, 6) is 0.970. The van der Waals surface area contributed by atoms with Crippen molar-refractivity contribution in [2.24, 2.45) is 0 Å². The van der Waals surface area contributed by atoms with Gasteiger partial charge >= 0.3 is 0 Å². The molecule has 0 fully saturated rings. The lowest BCUT2D eigenvalue weighted by Gasteiger charge is -2.23. The van der Waals surface area contributed by atoms with Gasteiger partial charge in [-0.05, 0) is 77.2 Å². The van der Waals surface area contributed by atoms with E-state index in [0.717, 1.165) is 0 Å². The molecule has 0 unspecified atom stereocenters. The molecule has 0 radical (unpaired) electrons. The molecule has 0 aliphatic heterocycles. The van der Waals surface area contributed by atoms with Crippen LogP contribution in [0.25, 0.3) is 54.2 Å². The summed E-state index contributed by atoms with van der Waals surface area (Å²) >= 11 is 0. The van der Waals surface area contributed by atoms with Gasteiger partial charge in [0.1, 0.15) is 0 Å². The van der Waals surface area contributed by atoms with Crippen molar-refractivity contribution in [3.8, 4) is 11.1 Å². The van der Waals surface area contributed by atoms with Crippen LogP contribution in [0.1, 0.15) is 50.7 Å². The van der Waals surface area contributed by atoms with Crippen molar-refractivity contribution in [1.29, 1.82) is 0 Å². The highest BCUT2D eigenvalue weighted by atomic mass is 14.2. The van der Waals surface area contributed by atoms with E-state index in [-0.39, 0.29) is 0 Å². The lowest BCUT2D eigenvalue weighted by Crippen LogP contribution is -2.02. The third-order valence-electron chi connectivity index (χ3n) is 7.14. The zero-order chi connectivity index (χ0) is 22.0. The average Bonchev–Trinajstić information content (AvgIpc) is 2.81. The Labute approximate surface area is 189 Å². The Morgan fingerprint density at radius 3 is 1.69 bits per heavy atom. The Morgan fingerprint density at radius 1 is 0.438 bits per heavy atom. The van der Waals surface area contributed by atoms with Gasteiger partial charge in [0.05, 0.1) is 0 Å². The van der Waals surface area contributed by atoms with E-state index in [1.807, 2.05) is 0 Å². The maximum atomic E-state index is 2.36. The van der Waals surface area contributed by atoms with Crippen molar-refractivity contribution < 1.29 is 0 Å². The van der Waals surface area contributed by atoms with Gasteiger partial charge in [-0.1, -0.05) is 113 Å². The number of hydrogen-bond donors (Lipinski definition) is 0. The minimum Gasteiger partial charge on any atom is -0.0613 e. The first-order valence-electron chi connectivity index (χ1n) is 11.8. The van der Waals surface area contributed by atoms with Crippen molar-refractivity contribution in [3.05, 3.63) is 96.1 Å². The summed E-state index contributed by atoms with van der Waals surface area (Å²) in [6.45, 7) is 9.28. The van der Waals surface area contributed by atoms with Gasteiger partial charge in [0.25, 0.3) is 0 Å². The monoisotopic (exact) mass is 412 g/mol. The molecule has 0 heteroatoms. The van der Waals surface area contributed by atoms with Crippen molar-refractivity contribution >= 4 is 43.1 Å². The number of hydrogen-bond acceptors (Lipinski definition) is 0. The van der Waals surface area contributed by atoms with Crippen LogP contribution in [0.2, 0.25) is 0 Å². The summed E-state index contributed by atoms with van der Waals surface area (Å²) < 4.78 is 0. The second kappa shape index (κ2) is 7.07. The van der Waals surface area contributed by atoms with Crippen LogP contribution in [-0.2, 0) is 0 Å². The first-order valence-corrected chi connectivity index (χ1v) is 11.8. The Bertz CT molecular complexity index is 1610. The number of rotatable bonds is 3. The van der Waals surface area contributed by atoms with E-state index >= 15 is 0 Å². The molecule has 0 bridgehead atoms. The third-order valence-corrected chi connectivity index (χ3v) is 7.14. The first-order chi connectivity index (χ1) is 15.6. The summed E-state index contributed by atoms with van der Waals surface area (Å²) in [4.78, 5) is 0. The van der Waals surface area contributed by atoms with Crippen LogP contribution >= 0.6 is 0 Å². The zero-order valence-corrected chi connectivity index (χ0v) is 19.2. The SMILES string of the molecule is CC(C)c1cccc(-c2ccc3cccc4c5cccc6cccc(c2c34)c65)c1C(C)C. The highest BCUT2D eigenvalue weighted by Gasteiger charge is 2.20. The average molecular weight is 413 g/mol. The summed E-state index contributed by atoms with van der Waals surface area (Å²) in [6.07, 6.45) is 0. The lowest BCUT2D eigenvalue weighted by molar-refractivity contribution is 0.792. The molecule has 0 nitrogen and oxygen atoms in total. The maximum Gasteiger partial charge on any atom is -0.00140 e. The van der Waals surface area contributed by atoms with E-state index in [1.54, 1.807) is 0 Å². The van der Waals surface area contributed by atoms with Crippen molar-refractivity contribution in [2.75, 3.05) is 0 Å². The lowest BCUT2D eigenvalue weighted by atomic mass is 9.81. The van der Waals surface area contributed by atoms with Crippen molar-refractivity contribution in [3.63, 3.8) is 0 Å².